The zero-order valence-corrected chi connectivity index (χ0v) is 12.9. The van der Waals surface area contributed by atoms with Gasteiger partial charge < -0.3 is 20.7 Å². The topological polar surface area (TPSA) is 105 Å². The van der Waals surface area contributed by atoms with E-state index < -0.39 is 0 Å². The maximum Gasteiger partial charge on any atom is 0.227 e. The van der Waals surface area contributed by atoms with Crippen LogP contribution in [0.4, 0.5) is 17.6 Å². The fourth-order valence-electron chi connectivity index (χ4n) is 2.75. The van der Waals surface area contributed by atoms with Crippen LogP contribution < -0.4 is 16.0 Å². The molecule has 4 rings (SSSR count). The summed E-state index contributed by atoms with van der Waals surface area (Å²) in [6.07, 6.45) is 4.29. The van der Waals surface area contributed by atoms with Crippen LogP contribution in [0.15, 0.2) is 18.3 Å². The van der Waals surface area contributed by atoms with Gasteiger partial charge in [-0.3, -0.25) is 5.10 Å². The molecule has 23 heavy (non-hydrogen) atoms. The minimum Gasteiger partial charge on any atom is -0.373 e. The molecule has 122 valence electrons. The van der Waals surface area contributed by atoms with Crippen molar-refractivity contribution in [1.29, 1.82) is 0 Å². The monoisotopic (exact) mass is 315 g/mol. The Bertz CT molecular complexity index is 669. The number of H-pyrrole nitrogens is 1. The molecule has 2 aromatic rings. The molecular formula is C15H21N7O. The highest BCUT2D eigenvalue weighted by atomic mass is 16.5. The number of ether oxygens (including phenoxy) is 1. The zero-order chi connectivity index (χ0) is 15.6. The highest BCUT2D eigenvalue weighted by molar-refractivity contribution is 5.53. The van der Waals surface area contributed by atoms with Crippen molar-refractivity contribution in [3.8, 4) is 0 Å². The standard InChI is InChI=1S/C15H21N7O/c16-8-11-9-22(5-6-23-11)15-17-4-3-13(19-15)18-14-7-12(20-21-14)10-1-2-10/h3-4,7,10-11H,1-2,5-6,8-9,16H2,(H2,17,18,19,20,21)/t11-/m0/s1. The Hall–Kier alpha value is -2.19. The first-order valence-corrected chi connectivity index (χ1v) is 8.04. The average molecular weight is 315 g/mol. The molecule has 2 aliphatic rings. The van der Waals surface area contributed by atoms with E-state index in [-0.39, 0.29) is 6.10 Å². The lowest BCUT2D eigenvalue weighted by molar-refractivity contribution is 0.0460. The summed E-state index contributed by atoms with van der Waals surface area (Å²) in [6.45, 7) is 2.64. The Kier molecular flexibility index (Phi) is 3.84. The van der Waals surface area contributed by atoms with Gasteiger partial charge in [-0.2, -0.15) is 10.1 Å². The highest BCUT2D eigenvalue weighted by Crippen LogP contribution is 2.39. The Morgan fingerprint density at radius 3 is 3.13 bits per heavy atom. The number of aromatic nitrogens is 4. The molecule has 1 aliphatic carbocycles. The van der Waals surface area contributed by atoms with Crippen LogP contribution >= 0.6 is 0 Å². The molecule has 1 saturated carbocycles. The molecule has 0 bridgehead atoms. The highest BCUT2D eigenvalue weighted by Gasteiger charge is 2.25. The number of aromatic amines is 1. The molecule has 2 aromatic heterocycles. The number of hydrogen-bond donors (Lipinski definition) is 3. The SMILES string of the molecule is NC[C@H]1CN(c2nccc(Nc3cc(C4CC4)[nH]n3)n2)CCO1. The maximum absolute atomic E-state index is 5.69. The molecule has 0 radical (unpaired) electrons. The third-order valence-corrected chi connectivity index (χ3v) is 4.20. The van der Waals surface area contributed by atoms with Crippen LogP contribution in [0.25, 0.3) is 0 Å². The molecule has 3 heterocycles. The van der Waals surface area contributed by atoms with Crippen LogP contribution in [0.3, 0.4) is 0 Å². The summed E-state index contributed by atoms with van der Waals surface area (Å²) in [5.74, 6) is 2.87. The average Bonchev–Trinajstić information content (AvgIpc) is 3.35. The van der Waals surface area contributed by atoms with Crippen molar-refractivity contribution in [1.82, 2.24) is 20.2 Å². The predicted molar refractivity (Wildman–Crippen MR) is 86.9 cm³/mol. The summed E-state index contributed by atoms with van der Waals surface area (Å²) in [4.78, 5) is 11.1. The molecule has 1 aliphatic heterocycles. The third kappa shape index (κ3) is 3.27. The lowest BCUT2D eigenvalue weighted by Gasteiger charge is -2.32. The van der Waals surface area contributed by atoms with Crippen molar-refractivity contribution >= 4 is 17.6 Å². The Morgan fingerprint density at radius 1 is 1.39 bits per heavy atom. The van der Waals surface area contributed by atoms with Crippen molar-refractivity contribution in [2.75, 3.05) is 36.5 Å². The zero-order valence-electron chi connectivity index (χ0n) is 12.9. The second-order valence-electron chi connectivity index (χ2n) is 6.02. The fourth-order valence-corrected chi connectivity index (χ4v) is 2.75. The lowest BCUT2D eigenvalue weighted by atomic mass is 10.3. The van der Waals surface area contributed by atoms with Crippen LogP contribution in [-0.4, -0.2) is 52.5 Å². The summed E-state index contributed by atoms with van der Waals surface area (Å²) >= 11 is 0. The van der Waals surface area contributed by atoms with E-state index in [0.29, 0.717) is 31.6 Å². The normalized spacial score (nSPS) is 21.4. The van der Waals surface area contributed by atoms with E-state index in [0.717, 1.165) is 18.2 Å². The maximum atomic E-state index is 5.69. The molecule has 4 N–H and O–H groups in total. The number of nitrogens with one attached hydrogen (secondary N) is 2. The second-order valence-corrected chi connectivity index (χ2v) is 6.02. The van der Waals surface area contributed by atoms with Crippen LogP contribution in [0, 0.1) is 0 Å². The van der Waals surface area contributed by atoms with Gasteiger partial charge in [0, 0.05) is 43.5 Å². The Labute approximate surface area is 134 Å². The first kappa shape index (κ1) is 14.4. The molecule has 2 fully saturated rings. The number of nitrogens with zero attached hydrogens (tertiary/aromatic N) is 4. The largest absolute Gasteiger partial charge is 0.373 e. The molecule has 1 saturated heterocycles. The van der Waals surface area contributed by atoms with E-state index in [9.17, 15) is 0 Å². The van der Waals surface area contributed by atoms with Gasteiger partial charge >= 0.3 is 0 Å². The Balaban J connectivity index is 1.46. The summed E-state index contributed by atoms with van der Waals surface area (Å²) < 4.78 is 5.58. The quantitative estimate of drug-likeness (QED) is 0.755. The van der Waals surface area contributed by atoms with Gasteiger partial charge in [0.2, 0.25) is 5.95 Å². The minimum absolute atomic E-state index is 0.0383. The van der Waals surface area contributed by atoms with Crippen LogP contribution in [-0.2, 0) is 4.74 Å². The molecule has 0 unspecified atom stereocenters. The van der Waals surface area contributed by atoms with E-state index in [1.807, 2.05) is 6.07 Å². The molecule has 8 nitrogen and oxygen atoms in total. The van der Waals surface area contributed by atoms with E-state index in [2.05, 4.69) is 36.4 Å². The minimum atomic E-state index is 0.0383. The fraction of sp³-hybridized carbons (Fsp3) is 0.533. The molecule has 0 spiro atoms. The predicted octanol–water partition coefficient (Wildman–Crippen LogP) is 0.985. The van der Waals surface area contributed by atoms with Gasteiger partial charge in [-0.05, 0) is 18.9 Å². The molecule has 8 heteroatoms. The third-order valence-electron chi connectivity index (χ3n) is 4.20. The van der Waals surface area contributed by atoms with Crippen molar-refractivity contribution < 1.29 is 4.74 Å². The van der Waals surface area contributed by atoms with Gasteiger partial charge in [-0.1, -0.05) is 0 Å². The van der Waals surface area contributed by atoms with Crippen LogP contribution in [0.2, 0.25) is 0 Å². The van der Waals surface area contributed by atoms with Gasteiger partial charge in [0.25, 0.3) is 0 Å². The van der Waals surface area contributed by atoms with E-state index >= 15 is 0 Å². The van der Waals surface area contributed by atoms with E-state index in [1.165, 1.54) is 18.5 Å². The number of nitrogens with two attached hydrogens (primary N) is 1. The van der Waals surface area contributed by atoms with Gasteiger partial charge in [-0.25, -0.2) is 4.98 Å². The second kappa shape index (κ2) is 6.13. The summed E-state index contributed by atoms with van der Waals surface area (Å²) in [5.41, 5.74) is 6.89. The van der Waals surface area contributed by atoms with Crippen LogP contribution in [0.5, 0.6) is 0 Å². The van der Waals surface area contributed by atoms with Crippen molar-refractivity contribution in [3.63, 3.8) is 0 Å². The van der Waals surface area contributed by atoms with E-state index in [4.69, 9.17) is 10.5 Å². The van der Waals surface area contributed by atoms with E-state index in [1.54, 1.807) is 6.20 Å². The lowest BCUT2D eigenvalue weighted by Crippen LogP contribution is -2.46. The van der Waals surface area contributed by atoms with Gasteiger partial charge in [0.15, 0.2) is 5.82 Å². The number of morpholine rings is 1. The first-order chi connectivity index (χ1) is 11.3. The van der Waals surface area contributed by atoms with Crippen molar-refractivity contribution in [2.24, 2.45) is 5.73 Å². The number of hydrogen-bond acceptors (Lipinski definition) is 7. The van der Waals surface area contributed by atoms with Gasteiger partial charge in [0.1, 0.15) is 5.82 Å². The van der Waals surface area contributed by atoms with Crippen molar-refractivity contribution in [2.45, 2.75) is 24.9 Å². The smallest absolute Gasteiger partial charge is 0.227 e. The summed E-state index contributed by atoms with van der Waals surface area (Å²) in [6, 6.07) is 3.90. The number of anilines is 3. The Morgan fingerprint density at radius 2 is 2.30 bits per heavy atom. The van der Waals surface area contributed by atoms with Gasteiger partial charge in [-0.15, -0.1) is 0 Å². The molecular weight excluding hydrogens is 294 g/mol. The van der Waals surface area contributed by atoms with Gasteiger partial charge in [0.05, 0.1) is 12.7 Å². The first-order valence-electron chi connectivity index (χ1n) is 8.04. The van der Waals surface area contributed by atoms with Crippen LogP contribution in [0.1, 0.15) is 24.5 Å². The molecule has 1 atom stereocenters. The molecule has 0 aromatic carbocycles. The summed E-state index contributed by atoms with van der Waals surface area (Å²) in [7, 11) is 0. The summed E-state index contributed by atoms with van der Waals surface area (Å²) in [5, 5.41) is 10.6. The number of rotatable bonds is 5. The molecule has 0 amide bonds. The van der Waals surface area contributed by atoms with Crippen molar-refractivity contribution in [3.05, 3.63) is 24.0 Å².